The first-order chi connectivity index (χ1) is 23.5. The highest BCUT2D eigenvalue weighted by Crippen LogP contribution is 2.21. The van der Waals surface area contributed by atoms with E-state index in [1.54, 1.807) is 18.3 Å². The Morgan fingerprint density at radius 1 is 0.592 bits per heavy atom. The minimum atomic E-state index is -0.516. The van der Waals surface area contributed by atoms with Gasteiger partial charge in [-0.3, -0.25) is 29.0 Å². The molecule has 0 saturated carbocycles. The smallest absolute Gasteiger partial charge is 0.231 e. The third-order valence-electron chi connectivity index (χ3n) is 7.77. The van der Waals surface area contributed by atoms with Crippen LogP contribution in [0, 0.1) is 13.8 Å². The summed E-state index contributed by atoms with van der Waals surface area (Å²) >= 11 is 0. The highest BCUT2D eigenvalue weighted by Gasteiger charge is 2.22. The lowest BCUT2D eigenvalue weighted by atomic mass is 9.91. The number of Topliss-reactive ketones (excluding diaryl/α,β-unsaturated/α-hetero) is 4. The summed E-state index contributed by atoms with van der Waals surface area (Å²) in [6.45, 7) is 11.6. The molecule has 2 N–H and O–H groups in total. The van der Waals surface area contributed by atoms with Gasteiger partial charge in [0.1, 0.15) is 12.8 Å². The number of aldehydes is 1. The molecule has 7 nitrogen and oxygen atoms in total. The molecule has 0 aliphatic rings. The summed E-state index contributed by atoms with van der Waals surface area (Å²) in [5.74, 6) is -1.84. The minimum absolute atomic E-state index is 0.117. The normalized spacial score (nSPS) is 10.3. The number of nitrogens with two attached hydrogens (primary N) is 1. The summed E-state index contributed by atoms with van der Waals surface area (Å²) in [6, 6.07) is 26.6. The number of nitrogens with zero attached hydrogens (tertiary/aromatic N) is 1. The van der Waals surface area contributed by atoms with Crippen LogP contribution >= 0.6 is 0 Å². The molecule has 0 saturated heterocycles. The molecular weight excluding hydrogens is 612 g/mol. The van der Waals surface area contributed by atoms with Gasteiger partial charge in [0.15, 0.2) is 0 Å². The van der Waals surface area contributed by atoms with Crippen molar-refractivity contribution in [3.05, 3.63) is 141 Å². The summed E-state index contributed by atoms with van der Waals surface area (Å²) in [4.78, 5) is 62.5. The van der Waals surface area contributed by atoms with Crippen molar-refractivity contribution in [1.29, 1.82) is 0 Å². The van der Waals surface area contributed by atoms with Crippen molar-refractivity contribution in [3.8, 4) is 0 Å². The van der Waals surface area contributed by atoms with E-state index in [0.29, 0.717) is 11.1 Å². The second kappa shape index (κ2) is 21.0. The van der Waals surface area contributed by atoms with Crippen molar-refractivity contribution in [2.75, 3.05) is 13.1 Å². The molecule has 0 fully saturated rings. The Kier molecular flexibility index (Phi) is 17.1. The van der Waals surface area contributed by atoms with Gasteiger partial charge < -0.3 is 5.73 Å². The van der Waals surface area contributed by atoms with Gasteiger partial charge in [-0.15, -0.1) is 0 Å². The Morgan fingerprint density at radius 2 is 0.959 bits per heavy atom. The fourth-order valence-corrected chi connectivity index (χ4v) is 5.33. The van der Waals surface area contributed by atoms with E-state index in [4.69, 9.17) is 5.73 Å². The summed E-state index contributed by atoms with van der Waals surface area (Å²) in [6.07, 6.45) is 5.41. The first-order valence-corrected chi connectivity index (χ1v) is 16.7. The number of ketones is 4. The SMILES string of the molecule is CCc1cc(C)cc(CC)c1C(=O)C(=O)CN.CCc1cc(C)cc(CC)c1C(=O)C(=O)CN=Cc1ccccc1.O=Cc1ccccc1. The molecule has 0 spiro atoms. The molecule has 0 atom stereocenters. The Hall–Kier alpha value is -5.14. The van der Waals surface area contributed by atoms with Gasteiger partial charge in [-0.2, -0.15) is 0 Å². The fourth-order valence-electron chi connectivity index (χ4n) is 5.33. The monoisotopic (exact) mass is 660 g/mol. The lowest BCUT2D eigenvalue weighted by Crippen LogP contribution is -2.25. The summed E-state index contributed by atoms with van der Waals surface area (Å²) in [5.41, 5.74) is 14.0. The van der Waals surface area contributed by atoms with Gasteiger partial charge >= 0.3 is 0 Å². The van der Waals surface area contributed by atoms with E-state index in [9.17, 15) is 24.0 Å². The average molecular weight is 661 g/mol. The van der Waals surface area contributed by atoms with E-state index in [1.165, 1.54) is 0 Å². The minimum Gasteiger partial charge on any atom is -0.324 e. The van der Waals surface area contributed by atoms with Crippen LogP contribution in [0.15, 0.2) is 89.9 Å². The van der Waals surface area contributed by atoms with Gasteiger partial charge in [0.25, 0.3) is 0 Å². The van der Waals surface area contributed by atoms with Gasteiger partial charge in [-0.1, -0.05) is 124 Å². The van der Waals surface area contributed by atoms with Crippen LogP contribution < -0.4 is 5.73 Å². The quantitative estimate of drug-likeness (QED) is 0.0694. The first-order valence-electron chi connectivity index (χ1n) is 16.7. The van der Waals surface area contributed by atoms with Gasteiger partial charge in [-0.25, -0.2) is 0 Å². The highest BCUT2D eigenvalue weighted by atomic mass is 16.2. The molecular formula is C42H48N2O5. The van der Waals surface area contributed by atoms with Crippen molar-refractivity contribution in [2.45, 2.75) is 67.2 Å². The number of hydrogen-bond donors (Lipinski definition) is 1. The topological polar surface area (TPSA) is 124 Å². The maximum absolute atomic E-state index is 12.6. The van der Waals surface area contributed by atoms with E-state index in [0.717, 1.165) is 76.5 Å². The number of benzene rings is 4. The molecule has 0 heterocycles. The van der Waals surface area contributed by atoms with Crippen molar-refractivity contribution in [2.24, 2.45) is 10.7 Å². The van der Waals surface area contributed by atoms with E-state index in [2.05, 4.69) is 4.99 Å². The summed E-state index contributed by atoms with van der Waals surface area (Å²) in [5, 5.41) is 0. The molecule has 7 heteroatoms. The molecule has 4 aromatic carbocycles. The molecule has 0 bridgehead atoms. The van der Waals surface area contributed by atoms with Crippen LogP contribution in [0.3, 0.4) is 0 Å². The van der Waals surface area contributed by atoms with Crippen LogP contribution in [0.25, 0.3) is 0 Å². The van der Waals surface area contributed by atoms with Crippen LogP contribution in [0.5, 0.6) is 0 Å². The maximum atomic E-state index is 12.6. The zero-order valence-electron chi connectivity index (χ0n) is 29.5. The molecule has 0 unspecified atom stereocenters. The van der Waals surface area contributed by atoms with E-state index in [1.807, 2.05) is 114 Å². The molecule has 4 aromatic rings. The van der Waals surface area contributed by atoms with Crippen LogP contribution in [-0.4, -0.2) is 48.7 Å². The first kappa shape index (κ1) is 40.0. The summed E-state index contributed by atoms with van der Waals surface area (Å²) in [7, 11) is 0. The Morgan fingerprint density at radius 3 is 1.29 bits per heavy atom. The van der Waals surface area contributed by atoms with Crippen molar-refractivity contribution >= 4 is 35.6 Å². The lowest BCUT2D eigenvalue weighted by Gasteiger charge is -2.12. The third-order valence-corrected chi connectivity index (χ3v) is 7.77. The predicted molar refractivity (Wildman–Crippen MR) is 198 cm³/mol. The van der Waals surface area contributed by atoms with Crippen LogP contribution in [0.1, 0.15) is 97.7 Å². The van der Waals surface area contributed by atoms with Gasteiger partial charge in [0.2, 0.25) is 23.1 Å². The van der Waals surface area contributed by atoms with Crippen molar-refractivity contribution in [3.63, 3.8) is 0 Å². The second-order valence-electron chi connectivity index (χ2n) is 11.4. The average Bonchev–Trinajstić information content (AvgIpc) is 3.14. The second-order valence-corrected chi connectivity index (χ2v) is 11.4. The molecule has 0 aliphatic heterocycles. The fraction of sp³-hybridized carbons (Fsp3) is 0.286. The van der Waals surface area contributed by atoms with E-state index >= 15 is 0 Å². The van der Waals surface area contributed by atoms with E-state index in [-0.39, 0.29) is 13.1 Å². The number of aryl methyl sites for hydroxylation is 6. The number of rotatable bonds is 13. The molecule has 0 amide bonds. The largest absolute Gasteiger partial charge is 0.324 e. The number of carbonyl (C=O) groups excluding carboxylic acids is 5. The van der Waals surface area contributed by atoms with Gasteiger partial charge in [0, 0.05) is 22.9 Å². The van der Waals surface area contributed by atoms with E-state index < -0.39 is 23.1 Å². The Bertz CT molecular complexity index is 1710. The zero-order chi connectivity index (χ0) is 36.3. The van der Waals surface area contributed by atoms with Crippen molar-refractivity contribution < 1.29 is 24.0 Å². The molecule has 256 valence electrons. The molecule has 0 aliphatic carbocycles. The standard InChI is InChI=1S/C21H23NO2.C14H19NO2.C7H6O/c1-4-17-11-15(3)12-18(5-2)20(17)21(24)19(23)14-22-13-16-9-7-6-8-10-16;1-4-10-6-9(3)7-11(5-2)13(10)14(17)12(16)8-15;8-6-7-4-2-1-3-5-7/h6-13H,4-5,14H2,1-3H3;6-7H,4-5,8,15H2,1-3H3;1-6H. The Labute approximate surface area is 290 Å². The van der Waals surface area contributed by atoms with Crippen molar-refractivity contribution in [1.82, 2.24) is 0 Å². The maximum Gasteiger partial charge on any atom is 0.231 e. The Balaban J connectivity index is 0.000000288. The zero-order valence-corrected chi connectivity index (χ0v) is 29.5. The molecule has 0 aromatic heterocycles. The number of aliphatic imine (C=N–C) groups is 1. The molecule has 4 rings (SSSR count). The van der Waals surface area contributed by atoms with Gasteiger partial charge in [0.05, 0.1) is 6.54 Å². The number of hydrogen-bond acceptors (Lipinski definition) is 7. The number of carbonyl (C=O) groups is 5. The predicted octanol–water partition coefficient (Wildman–Crippen LogP) is 7.32. The van der Waals surface area contributed by atoms with Gasteiger partial charge in [-0.05, 0) is 67.3 Å². The van der Waals surface area contributed by atoms with Crippen LogP contribution in [-0.2, 0) is 35.3 Å². The highest BCUT2D eigenvalue weighted by molar-refractivity contribution is 6.45. The van der Waals surface area contributed by atoms with Crippen LogP contribution in [0.4, 0.5) is 0 Å². The lowest BCUT2D eigenvalue weighted by molar-refractivity contribution is -0.114. The van der Waals surface area contributed by atoms with Crippen LogP contribution in [0.2, 0.25) is 0 Å². The molecule has 0 radical (unpaired) electrons. The molecule has 49 heavy (non-hydrogen) atoms. The third kappa shape index (κ3) is 12.1. The summed E-state index contributed by atoms with van der Waals surface area (Å²) < 4.78 is 0.